The summed E-state index contributed by atoms with van der Waals surface area (Å²) >= 11 is 0. The van der Waals surface area contributed by atoms with Crippen molar-refractivity contribution < 1.29 is 13.6 Å². The smallest absolute Gasteiger partial charge is 0.260 e. The lowest BCUT2D eigenvalue weighted by Crippen LogP contribution is -2.21. The zero-order valence-corrected chi connectivity index (χ0v) is 19.2. The number of hydrogen-bond donors (Lipinski definition) is 3. The van der Waals surface area contributed by atoms with Crippen LogP contribution < -0.4 is 21.9 Å². The van der Waals surface area contributed by atoms with E-state index >= 15 is 0 Å². The minimum Gasteiger partial charge on any atom is -0.396 e. The number of amides is 1. The monoisotopic (exact) mass is 478 g/mol. The number of halogens is 2. The molecule has 10 heteroatoms. The van der Waals surface area contributed by atoms with Crippen LogP contribution in [-0.2, 0) is 24.8 Å². The Labute approximate surface area is 199 Å². The highest BCUT2D eigenvalue weighted by Gasteiger charge is 2.19. The van der Waals surface area contributed by atoms with Crippen molar-refractivity contribution >= 4 is 28.6 Å². The summed E-state index contributed by atoms with van der Waals surface area (Å²) in [7, 11) is 1.48. The molecule has 35 heavy (non-hydrogen) atoms. The van der Waals surface area contributed by atoms with Crippen molar-refractivity contribution in [1.29, 1.82) is 0 Å². The van der Waals surface area contributed by atoms with Crippen LogP contribution in [0.15, 0.2) is 53.5 Å². The normalized spacial score (nSPS) is 11.0. The number of fused-ring (bicyclic) bond motifs is 1. The summed E-state index contributed by atoms with van der Waals surface area (Å²) in [5, 5.41) is 6.33. The van der Waals surface area contributed by atoms with Crippen LogP contribution in [0.25, 0.3) is 22.2 Å². The summed E-state index contributed by atoms with van der Waals surface area (Å²) in [4.78, 5) is 32.6. The van der Waals surface area contributed by atoms with Gasteiger partial charge < -0.3 is 16.4 Å². The van der Waals surface area contributed by atoms with Crippen molar-refractivity contribution in [3.8, 4) is 11.1 Å². The molecule has 4 rings (SSSR count). The molecule has 0 unspecified atom stereocenters. The maximum absolute atomic E-state index is 14.5. The van der Waals surface area contributed by atoms with Crippen LogP contribution in [0.3, 0.4) is 0 Å². The Morgan fingerprint density at radius 2 is 1.83 bits per heavy atom. The van der Waals surface area contributed by atoms with E-state index < -0.39 is 22.8 Å². The van der Waals surface area contributed by atoms with Gasteiger partial charge in [-0.2, -0.15) is 4.98 Å². The van der Waals surface area contributed by atoms with Crippen molar-refractivity contribution in [3.05, 3.63) is 81.8 Å². The van der Waals surface area contributed by atoms with Gasteiger partial charge in [0.25, 0.3) is 5.56 Å². The quantitative estimate of drug-likeness (QED) is 0.352. The molecule has 0 atom stereocenters. The molecule has 4 aromatic rings. The lowest BCUT2D eigenvalue weighted by molar-refractivity contribution is -0.119. The molecule has 2 aromatic heterocycles. The van der Waals surface area contributed by atoms with Crippen LogP contribution >= 0.6 is 0 Å². The number of hydrogen-bond acceptors (Lipinski definition) is 6. The third kappa shape index (κ3) is 5.11. The molecule has 0 radical (unpaired) electrons. The summed E-state index contributed by atoms with van der Waals surface area (Å²) in [6, 6.07) is 11.4. The van der Waals surface area contributed by atoms with Crippen molar-refractivity contribution in [3.63, 3.8) is 0 Å². The fourth-order valence-corrected chi connectivity index (χ4v) is 3.70. The van der Waals surface area contributed by atoms with E-state index in [9.17, 15) is 18.4 Å². The van der Waals surface area contributed by atoms with Crippen molar-refractivity contribution in [2.24, 2.45) is 7.05 Å². The van der Waals surface area contributed by atoms with Gasteiger partial charge in [0.2, 0.25) is 11.9 Å². The summed E-state index contributed by atoms with van der Waals surface area (Å²) in [6.07, 6.45) is 2.19. The Kier molecular flexibility index (Phi) is 6.72. The number of nitrogens with one attached hydrogen (secondary N) is 2. The van der Waals surface area contributed by atoms with Crippen LogP contribution in [0.2, 0.25) is 0 Å². The van der Waals surface area contributed by atoms with Gasteiger partial charge in [0.05, 0.1) is 16.8 Å². The van der Waals surface area contributed by atoms with E-state index in [0.29, 0.717) is 36.5 Å². The van der Waals surface area contributed by atoms with Gasteiger partial charge in [-0.25, -0.2) is 13.8 Å². The van der Waals surface area contributed by atoms with Gasteiger partial charge in [-0.15, -0.1) is 0 Å². The second-order valence-corrected chi connectivity index (χ2v) is 8.12. The lowest BCUT2D eigenvalue weighted by Gasteiger charge is -2.12. The summed E-state index contributed by atoms with van der Waals surface area (Å²) in [5.74, 6) is -1.62. The van der Waals surface area contributed by atoms with Gasteiger partial charge in [-0.3, -0.25) is 14.2 Å². The Morgan fingerprint density at radius 1 is 1.11 bits per heavy atom. The van der Waals surface area contributed by atoms with E-state index in [1.54, 1.807) is 0 Å². The van der Waals surface area contributed by atoms with Gasteiger partial charge in [-0.1, -0.05) is 24.3 Å². The van der Waals surface area contributed by atoms with Crippen molar-refractivity contribution in [2.45, 2.75) is 19.9 Å². The molecule has 180 valence electrons. The average Bonchev–Trinajstić information content (AvgIpc) is 2.84. The molecule has 0 aliphatic carbocycles. The van der Waals surface area contributed by atoms with Gasteiger partial charge in [-0.05, 0) is 35.7 Å². The number of aryl methyl sites for hydroxylation is 1. The molecule has 2 heterocycles. The van der Waals surface area contributed by atoms with Crippen LogP contribution in [-0.4, -0.2) is 27.0 Å². The number of carbonyl (C=O) groups is 1. The van der Waals surface area contributed by atoms with E-state index in [1.165, 1.54) is 30.8 Å². The molecule has 4 N–H and O–H groups in total. The number of nitrogens with zero attached hydrogens (tertiary/aromatic N) is 3. The van der Waals surface area contributed by atoms with Gasteiger partial charge in [0.1, 0.15) is 11.5 Å². The number of rotatable bonds is 7. The van der Waals surface area contributed by atoms with Crippen molar-refractivity contribution in [1.82, 2.24) is 19.9 Å². The third-order valence-electron chi connectivity index (χ3n) is 5.60. The SMILES string of the molecule is CC(=O)NCc1ccc(CCNc2ncc3cc(-c4c(F)ccc(N)c4F)c(=O)n(C)c3n2)cc1. The minimum absolute atomic E-state index is 0.0773. The van der Waals surface area contributed by atoms with Gasteiger partial charge in [0, 0.05) is 38.6 Å². The number of nitrogen functional groups attached to an aromatic ring is 1. The predicted molar refractivity (Wildman–Crippen MR) is 131 cm³/mol. The minimum atomic E-state index is -0.983. The van der Waals surface area contributed by atoms with Crippen molar-refractivity contribution in [2.75, 3.05) is 17.6 Å². The van der Waals surface area contributed by atoms with Gasteiger partial charge in [0.15, 0.2) is 5.82 Å². The lowest BCUT2D eigenvalue weighted by atomic mass is 10.0. The number of anilines is 2. The largest absolute Gasteiger partial charge is 0.396 e. The Bertz CT molecular complexity index is 1470. The Morgan fingerprint density at radius 3 is 2.54 bits per heavy atom. The second-order valence-electron chi connectivity index (χ2n) is 8.12. The molecular formula is C25H24F2N6O2. The molecule has 2 aromatic carbocycles. The first kappa shape index (κ1) is 23.8. The number of benzene rings is 2. The average molecular weight is 479 g/mol. The first-order valence-electron chi connectivity index (χ1n) is 10.9. The number of aromatic nitrogens is 3. The van der Waals surface area contributed by atoms with Crippen LogP contribution in [0.5, 0.6) is 0 Å². The van der Waals surface area contributed by atoms with E-state index in [0.717, 1.165) is 23.3 Å². The zero-order valence-electron chi connectivity index (χ0n) is 19.2. The predicted octanol–water partition coefficient (Wildman–Crippen LogP) is 3.15. The highest BCUT2D eigenvalue weighted by molar-refractivity contribution is 5.82. The summed E-state index contributed by atoms with van der Waals surface area (Å²) in [6.45, 7) is 2.50. The Hall–Kier alpha value is -4.34. The maximum atomic E-state index is 14.5. The summed E-state index contributed by atoms with van der Waals surface area (Å²) < 4.78 is 30.1. The molecule has 0 aliphatic rings. The fourth-order valence-electron chi connectivity index (χ4n) is 3.70. The standard InChI is InChI=1S/C25H24F2N6O2/c1-14(34)30-12-16-5-3-15(4-6-16)9-10-29-25-31-13-17-11-18(24(35)33(2)23(17)32-25)21-19(26)7-8-20(28)22(21)27/h3-8,11,13H,9-10,12,28H2,1-2H3,(H,30,34)(H,29,31,32). The summed E-state index contributed by atoms with van der Waals surface area (Å²) in [5.41, 5.74) is 6.50. The van der Waals surface area contributed by atoms with Crippen LogP contribution in [0.1, 0.15) is 18.1 Å². The second kappa shape index (κ2) is 9.88. The van der Waals surface area contributed by atoms with Crippen LogP contribution in [0.4, 0.5) is 20.4 Å². The van der Waals surface area contributed by atoms with E-state index in [-0.39, 0.29) is 17.2 Å². The van der Waals surface area contributed by atoms with E-state index in [4.69, 9.17) is 5.73 Å². The molecule has 8 nitrogen and oxygen atoms in total. The van der Waals surface area contributed by atoms with E-state index in [1.807, 2.05) is 24.3 Å². The molecule has 1 amide bonds. The van der Waals surface area contributed by atoms with Crippen LogP contribution in [0, 0.1) is 11.6 Å². The molecule has 0 aliphatic heterocycles. The molecule has 0 bridgehead atoms. The molecule has 0 saturated heterocycles. The highest BCUT2D eigenvalue weighted by atomic mass is 19.1. The topological polar surface area (TPSA) is 115 Å². The fraction of sp³-hybridized carbons (Fsp3) is 0.200. The number of nitrogens with two attached hydrogens (primary N) is 1. The molecule has 0 fully saturated rings. The molecular weight excluding hydrogens is 454 g/mol. The first-order valence-corrected chi connectivity index (χ1v) is 10.9. The molecule has 0 spiro atoms. The van der Waals surface area contributed by atoms with Gasteiger partial charge >= 0.3 is 0 Å². The third-order valence-corrected chi connectivity index (χ3v) is 5.60. The maximum Gasteiger partial charge on any atom is 0.260 e. The van der Waals surface area contributed by atoms with E-state index in [2.05, 4.69) is 20.6 Å². The number of pyridine rings is 1. The first-order chi connectivity index (χ1) is 16.7. The molecule has 0 saturated carbocycles. The Balaban J connectivity index is 1.51. The zero-order chi connectivity index (χ0) is 25.1. The number of carbonyl (C=O) groups excluding carboxylic acids is 1. The highest BCUT2D eigenvalue weighted by Crippen LogP contribution is 2.28.